The first-order chi connectivity index (χ1) is 8.74. The van der Waals surface area contributed by atoms with E-state index in [2.05, 4.69) is 12.2 Å². The van der Waals surface area contributed by atoms with Crippen molar-refractivity contribution in [3.05, 3.63) is 0 Å². The maximum absolute atomic E-state index is 12.6. The van der Waals surface area contributed by atoms with Gasteiger partial charge in [-0.1, -0.05) is 6.42 Å². The van der Waals surface area contributed by atoms with Gasteiger partial charge >= 0.3 is 0 Å². The summed E-state index contributed by atoms with van der Waals surface area (Å²) in [6, 6.07) is 0.410. The topological polar surface area (TPSA) is 41.6 Å². The second kappa shape index (κ2) is 6.53. The van der Waals surface area contributed by atoms with E-state index in [1.807, 2.05) is 4.90 Å². The Morgan fingerprint density at radius 1 is 1.39 bits per heavy atom. The number of hydrogen-bond acceptors (Lipinski definition) is 3. The van der Waals surface area contributed by atoms with E-state index < -0.39 is 0 Å². The summed E-state index contributed by atoms with van der Waals surface area (Å²) in [4.78, 5) is 14.6. The Balaban J connectivity index is 1.94. The highest BCUT2D eigenvalue weighted by molar-refractivity contribution is 5.82. The standard InChI is InChI=1S/C14H26N2O2/c1-11(12-6-7-12)16(9-10-18-2)14(17)13-5-3-4-8-15-13/h11-13,15H,3-10H2,1-2H3/t11?,13-/m0/s1. The lowest BCUT2D eigenvalue weighted by molar-refractivity contribution is -0.137. The van der Waals surface area contributed by atoms with E-state index in [9.17, 15) is 4.79 Å². The molecule has 0 spiro atoms. The van der Waals surface area contributed by atoms with E-state index in [0.717, 1.165) is 25.4 Å². The molecule has 1 aliphatic carbocycles. The Morgan fingerprint density at radius 3 is 2.72 bits per heavy atom. The molecule has 0 aromatic carbocycles. The van der Waals surface area contributed by atoms with Gasteiger partial charge in [0.2, 0.25) is 5.91 Å². The molecule has 4 heteroatoms. The van der Waals surface area contributed by atoms with Crippen LogP contribution in [0.1, 0.15) is 39.0 Å². The molecule has 2 aliphatic rings. The minimum atomic E-state index is 0.0387. The van der Waals surface area contributed by atoms with E-state index in [-0.39, 0.29) is 11.9 Å². The van der Waals surface area contributed by atoms with Gasteiger partial charge in [-0.15, -0.1) is 0 Å². The first-order valence-corrected chi connectivity index (χ1v) is 7.27. The monoisotopic (exact) mass is 254 g/mol. The van der Waals surface area contributed by atoms with Crippen LogP contribution in [0.3, 0.4) is 0 Å². The van der Waals surface area contributed by atoms with Crippen LogP contribution >= 0.6 is 0 Å². The van der Waals surface area contributed by atoms with Crippen LogP contribution in [0.5, 0.6) is 0 Å². The van der Waals surface area contributed by atoms with Crippen LogP contribution in [0.2, 0.25) is 0 Å². The number of methoxy groups -OCH3 is 1. The van der Waals surface area contributed by atoms with Crippen LogP contribution in [0.25, 0.3) is 0 Å². The maximum Gasteiger partial charge on any atom is 0.240 e. The number of amides is 1. The van der Waals surface area contributed by atoms with Gasteiger partial charge in [-0.2, -0.15) is 0 Å². The smallest absolute Gasteiger partial charge is 0.240 e. The Bertz CT molecular complexity index is 273. The lowest BCUT2D eigenvalue weighted by atomic mass is 10.0. The van der Waals surface area contributed by atoms with Crippen LogP contribution in [0.4, 0.5) is 0 Å². The summed E-state index contributed by atoms with van der Waals surface area (Å²) < 4.78 is 5.15. The largest absolute Gasteiger partial charge is 0.383 e. The molecule has 2 atom stereocenters. The number of nitrogens with zero attached hydrogens (tertiary/aromatic N) is 1. The van der Waals surface area contributed by atoms with Crippen LogP contribution in [0.15, 0.2) is 0 Å². The van der Waals surface area contributed by atoms with Crippen LogP contribution in [-0.2, 0) is 9.53 Å². The summed E-state index contributed by atoms with van der Waals surface area (Å²) >= 11 is 0. The molecule has 1 unspecified atom stereocenters. The second-order valence-electron chi connectivity index (χ2n) is 5.60. The summed E-state index contributed by atoms with van der Waals surface area (Å²) in [6.07, 6.45) is 5.89. The normalized spacial score (nSPS) is 25.8. The molecule has 1 amide bonds. The molecule has 1 aliphatic heterocycles. The first-order valence-electron chi connectivity index (χ1n) is 7.27. The molecule has 1 N–H and O–H groups in total. The molecule has 2 fully saturated rings. The first kappa shape index (κ1) is 13.8. The van der Waals surface area contributed by atoms with E-state index in [1.165, 1.54) is 25.7 Å². The van der Waals surface area contributed by atoms with Gasteiger partial charge < -0.3 is 15.0 Å². The van der Waals surface area contributed by atoms with Crippen molar-refractivity contribution >= 4 is 5.91 Å². The number of rotatable bonds is 6. The Labute approximate surface area is 110 Å². The molecular formula is C14H26N2O2. The van der Waals surface area contributed by atoms with Crippen LogP contribution in [-0.4, -0.2) is 49.7 Å². The highest BCUT2D eigenvalue weighted by atomic mass is 16.5. The molecule has 1 heterocycles. The fourth-order valence-electron chi connectivity index (χ4n) is 2.80. The van der Waals surface area contributed by atoms with Crippen molar-refractivity contribution in [2.24, 2.45) is 5.92 Å². The SMILES string of the molecule is COCCN(C(=O)[C@@H]1CCCCN1)C(C)C1CC1. The third kappa shape index (κ3) is 3.45. The van der Waals surface area contributed by atoms with Crippen LogP contribution in [0, 0.1) is 5.92 Å². The lowest BCUT2D eigenvalue weighted by Gasteiger charge is -2.34. The number of carbonyl (C=O) groups excluding carboxylic acids is 1. The van der Waals surface area contributed by atoms with Crippen molar-refractivity contribution < 1.29 is 9.53 Å². The van der Waals surface area contributed by atoms with E-state index in [1.54, 1.807) is 7.11 Å². The average molecular weight is 254 g/mol. The van der Waals surface area contributed by atoms with Gasteiger partial charge in [0.15, 0.2) is 0 Å². The van der Waals surface area contributed by atoms with Crippen molar-refractivity contribution in [3.63, 3.8) is 0 Å². The summed E-state index contributed by atoms with van der Waals surface area (Å²) in [5.41, 5.74) is 0. The summed E-state index contributed by atoms with van der Waals surface area (Å²) in [5, 5.41) is 3.36. The molecular weight excluding hydrogens is 228 g/mol. The molecule has 0 bridgehead atoms. The average Bonchev–Trinajstić information content (AvgIpc) is 3.24. The molecule has 0 aromatic heterocycles. The Kier molecular flexibility index (Phi) is 5.01. The second-order valence-corrected chi connectivity index (χ2v) is 5.60. The lowest BCUT2D eigenvalue weighted by Crippen LogP contribution is -2.52. The minimum absolute atomic E-state index is 0.0387. The summed E-state index contributed by atoms with van der Waals surface area (Å²) in [7, 11) is 1.70. The molecule has 1 saturated heterocycles. The van der Waals surface area contributed by atoms with Gasteiger partial charge in [-0.05, 0) is 45.1 Å². The van der Waals surface area contributed by atoms with Gasteiger partial charge in [0.05, 0.1) is 12.6 Å². The third-order valence-corrected chi connectivity index (χ3v) is 4.22. The van der Waals surface area contributed by atoms with Crippen molar-refractivity contribution in [1.82, 2.24) is 10.2 Å². The van der Waals surface area contributed by atoms with Crippen molar-refractivity contribution in [2.75, 3.05) is 26.8 Å². The third-order valence-electron chi connectivity index (χ3n) is 4.22. The molecule has 0 aromatic rings. The number of hydrogen-bond donors (Lipinski definition) is 1. The number of piperidine rings is 1. The molecule has 18 heavy (non-hydrogen) atoms. The minimum Gasteiger partial charge on any atom is -0.383 e. The van der Waals surface area contributed by atoms with Crippen molar-refractivity contribution in [1.29, 1.82) is 0 Å². The van der Waals surface area contributed by atoms with Gasteiger partial charge in [-0.25, -0.2) is 0 Å². The fraction of sp³-hybridized carbons (Fsp3) is 0.929. The highest BCUT2D eigenvalue weighted by Gasteiger charge is 2.36. The number of carbonyl (C=O) groups is 1. The Hall–Kier alpha value is -0.610. The molecule has 0 radical (unpaired) electrons. The number of ether oxygens (including phenoxy) is 1. The van der Waals surface area contributed by atoms with Crippen molar-refractivity contribution in [2.45, 2.75) is 51.1 Å². The van der Waals surface area contributed by atoms with Gasteiger partial charge in [0.25, 0.3) is 0 Å². The van der Waals surface area contributed by atoms with Crippen molar-refractivity contribution in [3.8, 4) is 0 Å². The number of nitrogens with one attached hydrogen (secondary N) is 1. The van der Waals surface area contributed by atoms with E-state index >= 15 is 0 Å². The summed E-state index contributed by atoms with van der Waals surface area (Å²) in [5.74, 6) is 1.00. The van der Waals surface area contributed by atoms with E-state index in [4.69, 9.17) is 4.74 Å². The predicted octanol–water partition coefficient (Wildman–Crippen LogP) is 1.40. The van der Waals surface area contributed by atoms with Crippen LogP contribution < -0.4 is 5.32 Å². The van der Waals surface area contributed by atoms with Gasteiger partial charge in [0.1, 0.15) is 0 Å². The van der Waals surface area contributed by atoms with Gasteiger partial charge in [-0.3, -0.25) is 4.79 Å². The Morgan fingerprint density at radius 2 is 2.17 bits per heavy atom. The van der Waals surface area contributed by atoms with E-state index in [0.29, 0.717) is 12.6 Å². The molecule has 4 nitrogen and oxygen atoms in total. The zero-order chi connectivity index (χ0) is 13.0. The highest BCUT2D eigenvalue weighted by Crippen LogP contribution is 2.35. The zero-order valence-electron chi connectivity index (χ0n) is 11.7. The predicted molar refractivity (Wildman–Crippen MR) is 71.4 cm³/mol. The molecule has 2 rings (SSSR count). The quantitative estimate of drug-likeness (QED) is 0.779. The zero-order valence-corrected chi connectivity index (χ0v) is 11.7. The molecule has 1 saturated carbocycles. The fourth-order valence-corrected chi connectivity index (χ4v) is 2.80. The summed E-state index contributed by atoms with van der Waals surface area (Å²) in [6.45, 7) is 4.53. The molecule has 104 valence electrons. The van der Waals surface area contributed by atoms with Gasteiger partial charge in [0, 0.05) is 19.7 Å². The maximum atomic E-state index is 12.6.